The van der Waals surface area contributed by atoms with E-state index in [9.17, 15) is 4.79 Å². The van der Waals surface area contributed by atoms with Gasteiger partial charge in [-0.25, -0.2) is 9.97 Å². The average Bonchev–Trinajstić information content (AvgIpc) is 3.04. The first-order chi connectivity index (χ1) is 17.8. The van der Waals surface area contributed by atoms with E-state index < -0.39 is 0 Å². The number of anilines is 2. The van der Waals surface area contributed by atoms with Crippen molar-refractivity contribution in [2.75, 3.05) is 56.2 Å². The molecule has 37 heavy (non-hydrogen) atoms. The smallest absolute Gasteiger partial charge is 0.226 e. The molecule has 7 nitrogen and oxygen atoms in total. The SMILES string of the molecule is CCCc1cc(N2CCN(CCCCN3C(=O)CCCc4c(OC)cccc43)CC2)nc(C(C)(C)C)n1. The lowest BCUT2D eigenvalue weighted by atomic mass is 9.95. The Morgan fingerprint density at radius 3 is 2.46 bits per heavy atom. The number of ether oxygens (including phenoxy) is 1. The minimum absolute atomic E-state index is 0.0548. The lowest BCUT2D eigenvalue weighted by Crippen LogP contribution is -2.47. The van der Waals surface area contributed by atoms with Gasteiger partial charge in [-0.05, 0) is 50.8 Å². The van der Waals surface area contributed by atoms with Gasteiger partial charge in [0.1, 0.15) is 17.4 Å². The quantitative estimate of drug-likeness (QED) is 0.445. The monoisotopic (exact) mass is 507 g/mol. The summed E-state index contributed by atoms with van der Waals surface area (Å²) in [6.07, 6.45) is 6.58. The Labute approximate surface area is 223 Å². The molecule has 3 heterocycles. The van der Waals surface area contributed by atoms with Crippen LogP contribution in [-0.2, 0) is 23.1 Å². The number of methoxy groups -OCH3 is 1. The number of rotatable bonds is 9. The average molecular weight is 508 g/mol. The van der Waals surface area contributed by atoms with E-state index in [1.165, 1.54) is 5.56 Å². The van der Waals surface area contributed by atoms with Crippen LogP contribution in [0.5, 0.6) is 5.75 Å². The minimum Gasteiger partial charge on any atom is -0.496 e. The minimum atomic E-state index is -0.0548. The molecule has 1 aromatic heterocycles. The van der Waals surface area contributed by atoms with E-state index >= 15 is 0 Å². The fourth-order valence-corrected chi connectivity index (χ4v) is 5.35. The van der Waals surface area contributed by atoms with Gasteiger partial charge < -0.3 is 14.5 Å². The molecule has 2 aromatic rings. The van der Waals surface area contributed by atoms with Crippen molar-refractivity contribution < 1.29 is 9.53 Å². The normalized spacial score (nSPS) is 17.1. The first kappa shape index (κ1) is 27.4. The molecule has 7 heteroatoms. The Hall–Kier alpha value is -2.67. The van der Waals surface area contributed by atoms with Gasteiger partial charge in [0.15, 0.2) is 0 Å². The number of carbonyl (C=O) groups is 1. The van der Waals surface area contributed by atoms with Crippen molar-refractivity contribution in [1.82, 2.24) is 14.9 Å². The third kappa shape index (κ3) is 6.81. The highest BCUT2D eigenvalue weighted by molar-refractivity contribution is 5.95. The van der Waals surface area contributed by atoms with Crippen molar-refractivity contribution in [3.05, 3.63) is 41.3 Å². The number of aromatic nitrogens is 2. The van der Waals surface area contributed by atoms with Gasteiger partial charge in [0.25, 0.3) is 0 Å². The number of amides is 1. The number of hydrogen-bond donors (Lipinski definition) is 0. The molecule has 0 radical (unpaired) electrons. The molecular formula is C30H45N5O2. The van der Waals surface area contributed by atoms with Crippen molar-refractivity contribution in [3.63, 3.8) is 0 Å². The lowest BCUT2D eigenvalue weighted by molar-refractivity contribution is -0.118. The maximum atomic E-state index is 12.9. The van der Waals surface area contributed by atoms with E-state index in [1.54, 1.807) is 7.11 Å². The van der Waals surface area contributed by atoms with Crippen molar-refractivity contribution in [2.45, 2.75) is 78.1 Å². The first-order valence-electron chi connectivity index (χ1n) is 14.1. The Bertz CT molecular complexity index is 1060. The predicted molar refractivity (Wildman–Crippen MR) is 151 cm³/mol. The molecule has 1 amide bonds. The molecule has 1 fully saturated rings. The molecule has 0 saturated carbocycles. The number of carbonyl (C=O) groups excluding carboxylic acids is 1. The molecule has 0 atom stereocenters. The molecule has 0 N–H and O–H groups in total. The van der Waals surface area contributed by atoms with Gasteiger partial charge in [-0.2, -0.15) is 0 Å². The molecule has 0 spiro atoms. The second-order valence-electron chi connectivity index (χ2n) is 11.4. The lowest BCUT2D eigenvalue weighted by Gasteiger charge is -2.36. The zero-order chi connectivity index (χ0) is 26.4. The Balaban J connectivity index is 1.29. The zero-order valence-corrected chi connectivity index (χ0v) is 23.6. The van der Waals surface area contributed by atoms with Crippen LogP contribution in [0.15, 0.2) is 24.3 Å². The molecule has 1 aromatic carbocycles. The van der Waals surface area contributed by atoms with E-state index in [2.05, 4.69) is 49.6 Å². The van der Waals surface area contributed by atoms with Crippen molar-refractivity contribution in [3.8, 4) is 5.75 Å². The number of hydrogen-bond acceptors (Lipinski definition) is 6. The number of fused-ring (bicyclic) bond motifs is 1. The molecular weight excluding hydrogens is 462 g/mol. The van der Waals surface area contributed by atoms with Crippen LogP contribution in [0.1, 0.15) is 76.9 Å². The topological polar surface area (TPSA) is 61.8 Å². The highest BCUT2D eigenvalue weighted by atomic mass is 16.5. The number of aryl methyl sites for hydroxylation is 1. The molecule has 0 aliphatic carbocycles. The molecule has 2 aliphatic heterocycles. The van der Waals surface area contributed by atoms with Gasteiger partial charge in [-0.15, -0.1) is 0 Å². The Morgan fingerprint density at radius 2 is 1.76 bits per heavy atom. The van der Waals surface area contributed by atoms with Crippen molar-refractivity contribution in [1.29, 1.82) is 0 Å². The Kier molecular flexibility index (Phi) is 9.06. The first-order valence-corrected chi connectivity index (χ1v) is 14.1. The third-order valence-electron chi connectivity index (χ3n) is 7.48. The van der Waals surface area contributed by atoms with Crippen LogP contribution in [-0.4, -0.2) is 67.2 Å². The van der Waals surface area contributed by atoms with Crippen LogP contribution in [0.2, 0.25) is 0 Å². The summed E-state index contributed by atoms with van der Waals surface area (Å²) >= 11 is 0. The second kappa shape index (κ2) is 12.2. The van der Waals surface area contributed by atoms with Crippen LogP contribution in [0.25, 0.3) is 0 Å². The number of unbranched alkanes of at least 4 members (excludes halogenated alkanes) is 1. The van der Waals surface area contributed by atoms with E-state index in [0.717, 1.165) is 107 Å². The highest BCUT2D eigenvalue weighted by Crippen LogP contribution is 2.34. The maximum absolute atomic E-state index is 12.9. The third-order valence-corrected chi connectivity index (χ3v) is 7.48. The number of piperazine rings is 1. The van der Waals surface area contributed by atoms with Crippen LogP contribution < -0.4 is 14.5 Å². The van der Waals surface area contributed by atoms with E-state index in [1.807, 2.05) is 17.0 Å². The highest BCUT2D eigenvalue weighted by Gasteiger charge is 2.25. The second-order valence-corrected chi connectivity index (χ2v) is 11.4. The van der Waals surface area contributed by atoms with Crippen molar-refractivity contribution >= 4 is 17.4 Å². The summed E-state index contributed by atoms with van der Waals surface area (Å²) in [5, 5.41) is 0. The van der Waals surface area contributed by atoms with E-state index in [4.69, 9.17) is 14.7 Å². The van der Waals surface area contributed by atoms with Gasteiger partial charge in [0.05, 0.1) is 12.8 Å². The summed E-state index contributed by atoms with van der Waals surface area (Å²) in [5.41, 5.74) is 3.31. The van der Waals surface area contributed by atoms with Gasteiger partial charge in [-0.1, -0.05) is 40.2 Å². The van der Waals surface area contributed by atoms with Crippen LogP contribution in [0, 0.1) is 0 Å². The summed E-state index contributed by atoms with van der Waals surface area (Å²) in [4.78, 5) is 29.6. The summed E-state index contributed by atoms with van der Waals surface area (Å²) in [6.45, 7) is 14.7. The van der Waals surface area contributed by atoms with Gasteiger partial charge in [-0.3, -0.25) is 9.69 Å². The fourth-order valence-electron chi connectivity index (χ4n) is 5.35. The van der Waals surface area contributed by atoms with Gasteiger partial charge >= 0.3 is 0 Å². The standard InChI is InChI=1S/C30H45N5O2/c1-6-11-23-22-27(32-29(31-23)30(2,3)4)34-20-18-33(19-21-34)16-7-8-17-35-25-13-10-14-26(37-5)24(25)12-9-15-28(35)36/h10,13-14,22H,6-9,11-12,15-21H2,1-5H3. The van der Waals surface area contributed by atoms with Gasteiger partial charge in [0.2, 0.25) is 5.91 Å². The maximum Gasteiger partial charge on any atom is 0.226 e. The fraction of sp³-hybridized carbons (Fsp3) is 0.633. The molecule has 0 unspecified atom stereocenters. The summed E-state index contributed by atoms with van der Waals surface area (Å²) in [5.74, 6) is 3.16. The summed E-state index contributed by atoms with van der Waals surface area (Å²) < 4.78 is 5.58. The molecule has 0 bridgehead atoms. The molecule has 1 saturated heterocycles. The number of benzene rings is 1. The molecule has 4 rings (SSSR count). The van der Waals surface area contributed by atoms with E-state index in [0.29, 0.717) is 6.42 Å². The number of nitrogens with zero attached hydrogens (tertiary/aromatic N) is 5. The molecule has 2 aliphatic rings. The van der Waals surface area contributed by atoms with E-state index in [-0.39, 0.29) is 11.3 Å². The van der Waals surface area contributed by atoms with Crippen LogP contribution >= 0.6 is 0 Å². The van der Waals surface area contributed by atoms with Crippen LogP contribution in [0.3, 0.4) is 0 Å². The van der Waals surface area contributed by atoms with Gasteiger partial charge in [0, 0.05) is 61.9 Å². The zero-order valence-electron chi connectivity index (χ0n) is 23.6. The summed E-state index contributed by atoms with van der Waals surface area (Å²) in [6, 6.07) is 8.27. The van der Waals surface area contributed by atoms with Crippen LogP contribution in [0.4, 0.5) is 11.5 Å². The largest absolute Gasteiger partial charge is 0.496 e. The Morgan fingerprint density at radius 1 is 1.00 bits per heavy atom. The summed E-state index contributed by atoms with van der Waals surface area (Å²) in [7, 11) is 1.71. The molecule has 202 valence electrons. The predicted octanol–water partition coefficient (Wildman–Crippen LogP) is 5.01. The van der Waals surface area contributed by atoms with Crippen molar-refractivity contribution in [2.24, 2.45) is 0 Å².